The molecule has 3 atom stereocenters. The summed E-state index contributed by atoms with van der Waals surface area (Å²) in [4.78, 5) is 0. The molecule has 0 heterocycles. The molecule has 1 fully saturated rings. The topological polar surface area (TPSA) is 12.0 Å². The van der Waals surface area contributed by atoms with E-state index < -0.39 is 0 Å². The van der Waals surface area contributed by atoms with Crippen LogP contribution in [0.2, 0.25) is 0 Å². The van der Waals surface area contributed by atoms with Crippen molar-refractivity contribution in [2.24, 2.45) is 17.8 Å². The number of unbranched alkanes of at least 4 members (excludes halogenated alkanes) is 1. The van der Waals surface area contributed by atoms with Gasteiger partial charge in [0.15, 0.2) is 0 Å². The highest BCUT2D eigenvalue weighted by Crippen LogP contribution is 2.35. The molecule has 16 heavy (non-hydrogen) atoms. The standard InChI is InChI=1S/C15H31N/c1-5-7-8-15(16-6-2)14-10-12(3)9-13(4)11-14/h12-16H,5-11H2,1-4H3. The molecule has 0 spiro atoms. The van der Waals surface area contributed by atoms with Crippen molar-refractivity contribution in [3.05, 3.63) is 0 Å². The molecule has 0 aliphatic heterocycles. The molecule has 1 aliphatic rings. The highest BCUT2D eigenvalue weighted by molar-refractivity contribution is 4.83. The number of hydrogen-bond acceptors (Lipinski definition) is 1. The third-order valence-electron chi connectivity index (χ3n) is 4.12. The van der Waals surface area contributed by atoms with E-state index in [0.717, 1.165) is 30.3 Å². The first kappa shape index (κ1) is 14.0. The van der Waals surface area contributed by atoms with Gasteiger partial charge in [0, 0.05) is 6.04 Å². The van der Waals surface area contributed by atoms with Crippen LogP contribution < -0.4 is 5.32 Å². The second-order valence-corrected chi connectivity index (χ2v) is 5.98. The number of rotatable bonds is 6. The Kier molecular flexibility index (Phi) is 6.41. The molecule has 0 aromatic carbocycles. The van der Waals surface area contributed by atoms with Crippen molar-refractivity contribution < 1.29 is 0 Å². The Morgan fingerprint density at radius 2 is 1.69 bits per heavy atom. The van der Waals surface area contributed by atoms with Crippen LogP contribution in [0.3, 0.4) is 0 Å². The van der Waals surface area contributed by atoms with E-state index >= 15 is 0 Å². The lowest BCUT2D eigenvalue weighted by Crippen LogP contribution is -2.39. The SMILES string of the molecule is CCCCC(NCC)C1CC(C)CC(C)C1. The first-order valence-corrected chi connectivity index (χ1v) is 7.40. The van der Waals surface area contributed by atoms with E-state index in [1.165, 1.54) is 38.5 Å². The van der Waals surface area contributed by atoms with Crippen LogP contribution in [0.5, 0.6) is 0 Å². The number of nitrogens with one attached hydrogen (secondary N) is 1. The van der Waals surface area contributed by atoms with Crippen molar-refractivity contribution in [2.75, 3.05) is 6.54 Å². The second-order valence-electron chi connectivity index (χ2n) is 5.98. The summed E-state index contributed by atoms with van der Waals surface area (Å²) in [5.41, 5.74) is 0. The lowest BCUT2D eigenvalue weighted by molar-refractivity contribution is 0.170. The monoisotopic (exact) mass is 225 g/mol. The molecule has 1 aliphatic carbocycles. The quantitative estimate of drug-likeness (QED) is 0.713. The van der Waals surface area contributed by atoms with E-state index in [0.29, 0.717) is 0 Å². The first-order chi connectivity index (χ1) is 7.67. The summed E-state index contributed by atoms with van der Waals surface area (Å²) in [5.74, 6) is 2.82. The van der Waals surface area contributed by atoms with Gasteiger partial charge < -0.3 is 5.32 Å². The van der Waals surface area contributed by atoms with Crippen molar-refractivity contribution >= 4 is 0 Å². The van der Waals surface area contributed by atoms with Crippen LogP contribution in [0.25, 0.3) is 0 Å². The molecule has 1 saturated carbocycles. The van der Waals surface area contributed by atoms with Gasteiger partial charge in [-0.05, 0) is 50.0 Å². The molecule has 0 radical (unpaired) electrons. The van der Waals surface area contributed by atoms with Crippen molar-refractivity contribution in [3.63, 3.8) is 0 Å². The Hall–Kier alpha value is -0.0400. The Labute approximate surface area is 102 Å². The van der Waals surface area contributed by atoms with E-state index in [1.807, 2.05) is 0 Å². The lowest BCUT2D eigenvalue weighted by atomic mass is 9.73. The fourth-order valence-electron chi connectivity index (χ4n) is 3.53. The number of hydrogen-bond donors (Lipinski definition) is 1. The van der Waals surface area contributed by atoms with Crippen LogP contribution >= 0.6 is 0 Å². The highest BCUT2D eigenvalue weighted by Gasteiger charge is 2.29. The largest absolute Gasteiger partial charge is 0.314 e. The van der Waals surface area contributed by atoms with Gasteiger partial charge in [-0.25, -0.2) is 0 Å². The zero-order valence-corrected chi connectivity index (χ0v) is 11.8. The maximum atomic E-state index is 3.73. The maximum Gasteiger partial charge on any atom is 0.00954 e. The Morgan fingerprint density at radius 1 is 1.06 bits per heavy atom. The third-order valence-corrected chi connectivity index (χ3v) is 4.12. The van der Waals surface area contributed by atoms with Crippen LogP contribution in [0.4, 0.5) is 0 Å². The highest BCUT2D eigenvalue weighted by atomic mass is 14.9. The van der Waals surface area contributed by atoms with Gasteiger partial charge >= 0.3 is 0 Å². The Morgan fingerprint density at radius 3 is 2.19 bits per heavy atom. The van der Waals surface area contributed by atoms with Gasteiger partial charge in [0.2, 0.25) is 0 Å². The predicted octanol–water partition coefficient (Wildman–Crippen LogP) is 4.23. The summed E-state index contributed by atoms with van der Waals surface area (Å²) in [7, 11) is 0. The molecule has 0 saturated heterocycles. The molecule has 1 rings (SSSR count). The van der Waals surface area contributed by atoms with Gasteiger partial charge in [0.05, 0.1) is 0 Å². The molecule has 1 N–H and O–H groups in total. The smallest absolute Gasteiger partial charge is 0.00954 e. The van der Waals surface area contributed by atoms with Crippen LogP contribution in [0.1, 0.15) is 66.2 Å². The Balaban J connectivity index is 2.47. The van der Waals surface area contributed by atoms with Crippen LogP contribution in [-0.2, 0) is 0 Å². The minimum absolute atomic E-state index is 0.787. The first-order valence-electron chi connectivity index (χ1n) is 7.40. The second kappa shape index (κ2) is 7.32. The van der Waals surface area contributed by atoms with Gasteiger partial charge in [-0.2, -0.15) is 0 Å². The lowest BCUT2D eigenvalue weighted by Gasteiger charge is -2.37. The van der Waals surface area contributed by atoms with Gasteiger partial charge in [-0.1, -0.05) is 40.5 Å². The van der Waals surface area contributed by atoms with Crippen LogP contribution in [0, 0.1) is 17.8 Å². The molecule has 96 valence electrons. The summed E-state index contributed by atoms with van der Waals surface area (Å²) in [6.45, 7) is 10.5. The summed E-state index contributed by atoms with van der Waals surface area (Å²) < 4.78 is 0. The van der Waals surface area contributed by atoms with E-state index in [-0.39, 0.29) is 0 Å². The molecule has 0 aromatic rings. The fourth-order valence-corrected chi connectivity index (χ4v) is 3.53. The molecular weight excluding hydrogens is 194 g/mol. The van der Waals surface area contributed by atoms with E-state index in [2.05, 4.69) is 33.0 Å². The molecule has 0 amide bonds. The van der Waals surface area contributed by atoms with Gasteiger partial charge in [0.25, 0.3) is 0 Å². The minimum atomic E-state index is 0.787. The third kappa shape index (κ3) is 4.45. The zero-order valence-electron chi connectivity index (χ0n) is 11.8. The molecule has 3 unspecified atom stereocenters. The van der Waals surface area contributed by atoms with Crippen LogP contribution in [0.15, 0.2) is 0 Å². The molecule has 0 bridgehead atoms. The molecular formula is C15H31N. The summed E-state index contributed by atoms with van der Waals surface area (Å²) >= 11 is 0. The van der Waals surface area contributed by atoms with E-state index in [1.54, 1.807) is 0 Å². The fraction of sp³-hybridized carbons (Fsp3) is 1.00. The zero-order chi connectivity index (χ0) is 12.0. The summed E-state index contributed by atoms with van der Waals surface area (Å²) in [5, 5.41) is 3.73. The van der Waals surface area contributed by atoms with Crippen molar-refractivity contribution in [1.82, 2.24) is 5.32 Å². The van der Waals surface area contributed by atoms with Crippen molar-refractivity contribution in [2.45, 2.75) is 72.3 Å². The van der Waals surface area contributed by atoms with Gasteiger partial charge in [-0.3, -0.25) is 0 Å². The minimum Gasteiger partial charge on any atom is -0.314 e. The van der Waals surface area contributed by atoms with Crippen molar-refractivity contribution in [3.8, 4) is 0 Å². The maximum absolute atomic E-state index is 3.73. The molecule has 1 nitrogen and oxygen atoms in total. The normalized spacial score (nSPS) is 32.6. The van der Waals surface area contributed by atoms with Crippen LogP contribution in [-0.4, -0.2) is 12.6 Å². The van der Waals surface area contributed by atoms with E-state index in [9.17, 15) is 0 Å². The predicted molar refractivity (Wildman–Crippen MR) is 72.7 cm³/mol. The van der Waals surface area contributed by atoms with Gasteiger partial charge in [0.1, 0.15) is 0 Å². The molecule has 0 aromatic heterocycles. The van der Waals surface area contributed by atoms with Gasteiger partial charge in [-0.15, -0.1) is 0 Å². The van der Waals surface area contributed by atoms with E-state index in [4.69, 9.17) is 0 Å². The average molecular weight is 225 g/mol. The Bertz CT molecular complexity index is 168. The summed E-state index contributed by atoms with van der Waals surface area (Å²) in [6.07, 6.45) is 8.45. The van der Waals surface area contributed by atoms with Crippen molar-refractivity contribution in [1.29, 1.82) is 0 Å². The molecule has 1 heteroatoms. The average Bonchev–Trinajstić information content (AvgIpc) is 2.22. The summed E-state index contributed by atoms with van der Waals surface area (Å²) in [6, 6.07) is 0.787.